The topological polar surface area (TPSA) is 47.3 Å². The van der Waals surface area contributed by atoms with Gasteiger partial charge in [-0.1, -0.05) is 6.07 Å². The zero-order valence-electron chi connectivity index (χ0n) is 9.64. The number of benzene rings is 1. The second kappa shape index (κ2) is 4.15. The van der Waals surface area contributed by atoms with Crippen molar-refractivity contribution < 1.29 is 5.11 Å². The zero-order valence-corrected chi connectivity index (χ0v) is 9.64. The highest BCUT2D eigenvalue weighted by atomic mass is 16.3. The van der Waals surface area contributed by atoms with Gasteiger partial charge < -0.3 is 5.11 Å². The summed E-state index contributed by atoms with van der Waals surface area (Å²) in [5.74, 6) is 0.561. The van der Waals surface area contributed by atoms with Gasteiger partial charge in [0.05, 0.1) is 11.6 Å². The van der Waals surface area contributed by atoms with Crippen molar-refractivity contribution in [3.05, 3.63) is 29.3 Å². The summed E-state index contributed by atoms with van der Waals surface area (Å²) in [5.41, 5.74) is 1.43. The van der Waals surface area contributed by atoms with Crippen LogP contribution >= 0.6 is 0 Å². The van der Waals surface area contributed by atoms with Gasteiger partial charge >= 0.3 is 0 Å². The van der Waals surface area contributed by atoms with Crippen molar-refractivity contribution in [1.82, 2.24) is 4.90 Å². The lowest BCUT2D eigenvalue weighted by Gasteiger charge is -2.42. The molecule has 0 spiro atoms. The highest BCUT2D eigenvalue weighted by Gasteiger charge is 2.32. The van der Waals surface area contributed by atoms with E-state index in [4.69, 9.17) is 5.26 Å². The molecule has 0 bridgehead atoms. The number of hydrogen-bond donors (Lipinski definition) is 1. The molecule has 3 nitrogen and oxygen atoms in total. The van der Waals surface area contributed by atoms with Gasteiger partial charge in [-0.05, 0) is 26.0 Å². The van der Waals surface area contributed by atoms with Gasteiger partial charge in [-0.3, -0.25) is 4.90 Å². The molecular formula is C13H16N2O. The van der Waals surface area contributed by atoms with E-state index in [1.165, 1.54) is 0 Å². The Morgan fingerprint density at radius 2 is 2.12 bits per heavy atom. The fourth-order valence-electron chi connectivity index (χ4n) is 2.20. The fourth-order valence-corrected chi connectivity index (χ4v) is 2.20. The van der Waals surface area contributed by atoms with Gasteiger partial charge in [0.15, 0.2) is 0 Å². The highest BCUT2D eigenvalue weighted by Crippen LogP contribution is 2.35. The molecule has 1 aromatic carbocycles. The summed E-state index contributed by atoms with van der Waals surface area (Å²) in [4.78, 5) is 2.33. The standard InChI is InChI=1S/C13H16N2O/c1-9(2)15-7-11(8-15)13-10(6-14)4-3-5-12(13)16/h3-5,9,11,16H,7-8H2,1-2H3. The number of likely N-dealkylation sites (tertiary alicyclic amines) is 1. The Balaban J connectivity index is 2.21. The molecular weight excluding hydrogens is 200 g/mol. The molecule has 1 saturated heterocycles. The number of rotatable bonds is 2. The van der Waals surface area contributed by atoms with Gasteiger partial charge in [-0.2, -0.15) is 5.26 Å². The minimum absolute atomic E-state index is 0.257. The van der Waals surface area contributed by atoms with Crippen LogP contribution in [0.2, 0.25) is 0 Å². The van der Waals surface area contributed by atoms with Gasteiger partial charge in [-0.15, -0.1) is 0 Å². The molecule has 3 heteroatoms. The summed E-state index contributed by atoms with van der Waals surface area (Å²) in [6.45, 7) is 6.19. The van der Waals surface area contributed by atoms with Crippen LogP contribution in [0.1, 0.15) is 30.9 Å². The second-order valence-electron chi connectivity index (χ2n) is 4.59. The summed E-state index contributed by atoms with van der Waals surface area (Å²) in [5, 5.41) is 18.8. The van der Waals surface area contributed by atoms with Crippen LogP contribution in [0.4, 0.5) is 0 Å². The van der Waals surface area contributed by atoms with E-state index in [1.807, 2.05) is 0 Å². The minimum Gasteiger partial charge on any atom is -0.508 e. The maximum Gasteiger partial charge on any atom is 0.120 e. The van der Waals surface area contributed by atoms with Crippen LogP contribution in [0.15, 0.2) is 18.2 Å². The first-order chi connectivity index (χ1) is 7.63. The number of nitrogens with zero attached hydrogens (tertiary/aromatic N) is 2. The maximum absolute atomic E-state index is 9.81. The van der Waals surface area contributed by atoms with E-state index in [9.17, 15) is 5.11 Å². The molecule has 1 aliphatic rings. The predicted molar refractivity (Wildman–Crippen MR) is 62.3 cm³/mol. The van der Waals surface area contributed by atoms with Crippen LogP contribution < -0.4 is 0 Å². The lowest BCUT2D eigenvalue weighted by Crippen LogP contribution is -2.48. The maximum atomic E-state index is 9.81. The van der Waals surface area contributed by atoms with E-state index in [2.05, 4.69) is 24.8 Å². The van der Waals surface area contributed by atoms with Crippen LogP contribution in [0.3, 0.4) is 0 Å². The van der Waals surface area contributed by atoms with Gasteiger partial charge in [0, 0.05) is 30.6 Å². The quantitative estimate of drug-likeness (QED) is 0.823. The van der Waals surface area contributed by atoms with Gasteiger partial charge in [0.25, 0.3) is 0 Å². The van der Waals surface area contributed by atoms with Crippen LogP contribution in [0, 0.1) is 11.3 Å². The fraction of sp³-hybridized carbons (Fsp3) is 0.462. The van der Waals surface area contributed by atoms with Crippen molar-refractivity contribution in [1.29, 1.82) is 5.26 Å². The molecule has 0 saturated carbocycles. The van der Waals surface area contributed by atoms with Crippen LogP contribution in [-0.4, -0.2) is 29.1 Å². The van der Waals surface area contributed by atoms with Crippen LogP contribution in [-0.2, 0) is 0 Å². The Labute approximate surface area is 95.9 Å². The number of phenols is 1. The molecule has 0 aromatic heterocycles. The largest absolute Gasteiger partial charge is 0.508 e. The van der Waals surface area contributed by atoms with Crippen molar-refractivity contribution in [2.24, 2.45) is 0 Å². The molecule has 0 atom stereocenters. The second-order valence-corrected chi connectivity index (χ2v) is 4.59. The summed E-state index contributed by atoms with van der Waals surface area (Å²) in [6, 6.07) is 7.84. The number of phenolic OH excluding ortho intramolecular Hbond substituents is 1. The molecule has 2 rings (SSSR count). The third kappa shape index (κ3) is 1.77. The molecule has 0 unspecified atom stereocenters. The van der Waals surface area contributed by atoms with E-state index in [0.29, 0.717) is 17.5 Å². The van der Waals surface area contributed by atoms with E-state index in [0.717, 1.165) is 18.7 Å². The number of aromatic hydroxyl groups is 1. The molecule has 84 valence electrons. The molecule has 16 heavy (non-hydrogen) atoms. The van der Waals surface area contributed by atoms with E-state index < -0.39 is 0 Å². The number of hydrogen-bond acceptors (Lipinski definition) is 3. The average molecular weight is 216 g/mol. The lowest BCUT2D eigenvalue weighted by atomic mass is 9.87. The van der Waals surface area contributed by atoms with Crippen LogP contribution in [0.25, 0.3) is 0 Å². The molecule has 0 aliphatic carbocycles. The summed E-state index contributed by atoms with van der Waals surface area (Å²) < 4.78 is 0. The Morgan fingerprint density at radius 3 is 2.69 bits per heavy atom. The Hall–Kier alpha value is -1.53. The van der Waals surface area contributed by atoms with Crippen molar-refractivity contribution in [2.45, 2.75) is 25.8 Å². The molecule has 0 radical (unpaired) electrons. The minimum atomic E-state index is 0.257. The zero-order chi connectivity index (χ0) is 11.7. The predicted octanol–water partition coefficient (Wildman–Crippen LogP) is 2.07. The van der Waals surface area contributed by atoms with Gasteiger partial charge in [0.2, 0.25) is 0 Å². The third-order valence-electron chi connectivity index (χ3n) is 3.25. The molecule has 0 amide bonds. The monoisotopic (exact) mass is 216 g/mol. The van der Waals surface area contributed by atoms with Gasteiger partial charge in [0.1, 0.15) is 5.75 Å². The molecule has 1 N–H and O–H groups in total. The Bertz CT molecular complexity index is 428. The normalized spacial score (nSPS) is 17.1. The van der Waals surface area contributed by atoms with Crippen LogP contribution in [0.5, 0.6) is 5.75 Å². The van der Waals surface area contributed by atoms with Crippen molar-refractivity contribution in [3.63, 3.8) is 0 Å². The van der Waals surface area contributed by atoms with Gasteiger partial charge in [-0.25, -0.2) is 0 Å². The summed E-state index contributed by atoms with van der Waals surface area (Å²) in [6.07, 6.45) is 0. The first-order valence-corrected chi connectivity index (χ1v) is 5.59. The van der Waals surface area contributed by atoms with E-state index >= 15 is 0 Å². The molecule has 1 fully saturated rings. The number of nitriles is 1. The molecule has 1 aromatic rings. The SMILES string of the molecule is CC(C)N1CC(c2c(O)cccc2C#N)C1. The smallest absolute Gasteiger partial charge is 0.120 e. The summed E-state index contributed by atoms with van der Waals surface area (Å²) in [7, 11) is 0. The van der Waals surface area contributed by atoms with E-state index in [-0.39, 0.29) is 5.75 Å². The molecule has 1 aliphatic heterocycles. The highest BCUT2D eigenvalue weighted by molar-refractivity contribution is 5.49. The van der Waals surface area contributed by atoms with Crippen molar-refractivity contribution >= 4 is 0 Å². The lowest BCUT2D eigenvalue weighted by molar-refractivity contribution is 0.108. The van der Waals surface area contributed by atoms with E-state index in [1.54, 1.807) is 18.2 Å². The first-order valence-electron chi connectivity index (χ1n) is 5.59. The molecule has 1 heterocycles. The third-order valence-corrected chi connectivity index (χ3v) is 3.25. The van der Waals surface area contributed by atoms with Crippen molar-refractivity contribution in [2.75, 3.05) is 13.1 Å². The summed E-state index contributed by atoms with van der Waals surface area (Å²) >= 11 is 0. The first kappa shape index (κ1) is 11.0. The Kier molecular flexibility index (Phi) is 2.84. The average Bonchev–Trinajstić information content (AvgIpc) is 2.17. The Morgan fingerprint density at radius 1 is 1.44 bits per heavy atom. The van der Waals surface area contributed by atoms with Crippen molar-refractivity contribution in [3.8, 4) is 11.8 Å².